The van der Waals surface area contributed by atoms with Crippen LogP contribution in [-0.4, -0.2) is 19.3 Å². The van der Waals surface area contributed by atoms with Crippen molar-refractivity contribution in [3.63, 3.8) is 0 Å². The summed E-state index contributed by atoms with van der Waals surface area (Å²) in [5.74, 6) is -0.473. The molecule has 0 aromatic heterocycles. The maximum Gasteiger partial charge on any atom is 0.143 e. The lowest BCUT2D eigenvalue weighted by molar-refractivity contribution is 0.0904. The Morgan fingerprint density at radius 2 is 2.12 bits per heavy atom. The van der Waals surface area contributed by atoms with E-state index in [1.54, 1.807) is 12.1 Å². The van der Waals surface area contributed by atoms with Crippen LogP contribution in [-0.2, 0) is 4.74 Å². The van der Waals surface area contributed by atoms with Gasteiger partial charge in [0.25, 0.3) is 0 Å². The first-order valence-electron chi connectivity index (χ1n) is 5.34. The van der Waals surface area contributed by atoms with Gasteiger partial charge in [-0.25, -0.2) is 4.39 Å². The Labute approximate surface area is 93.8 Å². The van der Waals surface area contributed by atoms with Crippen LogP contribution in [0.2, 0.25) is 0 Å². The average molecular weight is 220 g/mol. The normalized spacial score (nSPS) is 16.8. The molecule has 0 radical (unpaired) electrons. The third-order valence-electron chi connectivity index (χ3n) is 2.71. The predicted octanol–water partition coefficient (Wildman–Crippen LogP) is 2.29. The minimum Gasteiger partial charge on any atom is -0.381 e. The summed E-state index contributed by atoms with van der Waals surface area (Å²) in [4.78, 5) is 0. The summed E-state index contributed by atoms with van der Waals surface area (Å²) in [5.41, 5.74) is 0.670. The second-order valence-corrected chi connectivity index (χ2v) is 3.81. The van der Waals surface area contributed by atoms with Gasteiger partial charge in [-0.15, -0.1) is 0 Å². The zero-order valence-corrected chi connectivity index (χ0v) is 8.87. The quantitative estimate of drug-likeness (QED) is 0.831. The van der Waals surface area contributed by atoms with Crippen LogP contribution in [0.3, 0.4) is 0 Å². The Bertz CT molecular complexity index is 408. The van der Waals surface area contributed by atoms with Crippen molar-refractivity contribution in [1.29, 1.82) is 5.26 Å². The topological polar surface area (TPSA) is 45.0 Å². The summed E-state index contributed by atoms with van der Waals surface area (Å²) < 4.78 is 18.6. The van der Waals surface area contributed by atoms with Crippen LogP contribution in [0.15, 0.2) is 18.2 Å². The largest absolute Gasteiger partial charge is 0.381 e. The first-order valence-corrected chi connectivity index (χ1v) is 5.34. The van der Waals surface area contributed by atoms with E-state index in [0.717, 1.165) is 26.1 Å². The highest BCUT2D eigenvalue weighted by Crippen LogP contribution is 2.21. The number of halogens is 1. The maximum absolute atomic E-state index is 13.3. The zero-order chi connectivity index (χ0) is 11.4. The number of nitrogens with zero attached hydrogens (tertiary/aromatic N) is 1. The first-order chi connectivity index (χ1) is 7.81. The smallest absolute Gasteiger partial charge is 0.143 e. The van der Waals surface area contributed by atoms with Gasteiger partial charge in [0, 0.05) is 19.3 Å². The van der Waals surface area contributed by atoms with E-state index in [1.807, 2.05) is 6.07 Å². The second kappa shape index (κ2) is 4.95. The summed E-state index contributed by atoms with van der Waals surface area (Å²) >= 11 is 0. The molecule has 1 heterocycles. The summed E-state index contributed by atoms with van der Waals surface area (Å²) in [6, 6.07) is 6.79. The monoisotopic (exact) mass is 220 g/mol. The molecule has 0 spiro atoms. The van der Waals surface area contributed by atoms with Crippen molar-refractivity contribution in [1.82, 2.24) is 0 Å². The molecule has 2 rings (SSSR count). The summed E-state index contributed by atoms with van der Waals surface area (Å²) in [6.07, 6.45) is 1.78. The molecule has 1 aliphatic rings. The molecule has 0 saturated carbocycles. The van der Waals surface area contributed by atoms with Gasteiger partial charge in [-0.2, -0.15) is 5.26 Å². The van der Waals surface area contributed by atoms with Crippen LogP contribution in [0.5, 0.6) is 0 Å². The van der Waals surface area contributed by atoms with Crippen molar-refractivity contribution >= 4 is 5.69 Å². The van der Waals surface area contributed by atoms with E-state index in [1.165, 1.54) is 6.07 Å². The fourth-order valence-electron chi connectivity index (χ4n) is 1.82. The molecule has 0 amide bonds. The highest BCUT2D eigenvalue weighted by molar-refractivity contribution is 5.58. The van der Waals surface area contributed by atoms with Crippen LogP contribution in [0.1, 0.15) is 18.4 Å². The van der Waals surface area contributed by atoms with Gasteiger partial charge in [-0.3, -0.25) is 0 Å². The van der Waals surface area contributed by atoms with E-state index in [2.05, 4.69) is 5.32 Å². The number of rotatable bonds is 2. The van der Waals surface area contributed by atoms with Crippen LogP contribution < -0.4 is 5.32 Å². The molecular weight excluding hydrogens is 207 g/mol. The van der Waals surface area contributed by atoms with Gasteiger partial charge in [0.2, 0.25) is 0 Å². The standard InChI is InChI=1S/C12H13FN2O/c13-11-2-1-3-12(10(11)8-14)15-9-4-6-16-7-5-9/h1-3,9,15H,4-7H2. The highest BCUT2D eigenvalue weighted by atomic mass is 19.1. The van der Waals surface area contributed by atoms with Crippen molar-refractivity contribution in [3.8, 4) is 6.07 Å². The Balaban J connectivity index is 2.14. The van der Waals surface area contributed by atoms with E-state index in [4.69, 9.17) is 10.00 Å². The van der Waals surface area contributed by atoms with Crippen LogP contribution >= 0.6 is 0 Å². The third-order valence-corrected chi connectivity index (χ3v) is 2.71. The molecule has 16 heavy (non-hydrogen) atoms. The lowest BCUT2D eigenvalue weighted by Gasteiger charge is -2.24. The Hall–Kier alpha value is -1.60. The molecule has 4 heteroatoms. The fraction of sp³-hybridized carbons (Fsp3) is 0.417. The van der Waals surface area contributed by atoms with E-state index in [-0.39, 0.29) is 11.6 Å². The maximum atomic E-state index is 13.3. The Morgan fingerprint density at radius 3 is 2.81 bits per heavy atom. The SMILES string of the molecule is N#Cc1c(F)cccc1NC1CCOCC1. The van der Waals surface area contributed by atoms with Gasteiger partial charge in [0.15, 0.2) is 0 Å². The zero-order valence-electron chi connectivity index (χ0n) is 8.87. The summed E-state index contributed by atoms with van der Waals surface area (Å²) in [6.45, 7) is 1.43. The van der Waals surface area contributed by atoms with Crippen molar-refractivity contribution in [2.24, 2.45) is 0 Å². The van der Waals surface area contributed by atoms with Gasteiger partial charge in [0.05, 0.1) is 5.69 Å². The third kappa shape index (κ3) is 2.31. The first kappa shape index (κ1) is 10.9. The number of ether oxygens (including phenoxy) is 1. The minimum absolute atomic E-state index is 0.0917. The van der Waals surface area contributed by atoms with Gasteiger partial charge < -0.3 is 10.1 Å². The van der Waals surface area contributed by atoms with Crippen LogP contribution in [0.4, 0.5) is 10.1 Å². The fourth-order valence-corrected chi connectivity index (χ4v) is 1.82. The Kier molecular flexibility index (Phi) is 3.37. The van der Waals surface area contributed by atoms with Crippen molar-refractivity contribution in [3.05, 3.63) is 29.6 Å². The molecule has 84 valence electrons. The van der Waals surface area contributed by atoms with Gasteiger partial charge >= 0.3 is 0 Å². The van der Waals surface area contributed by atoms with E-state index < -0.39 is 5.82 Å². The van der Waals surface area contributed by atoms with Gasteiger partial charge in [-0.05, 0) is 25.0 Å². The van der Waals surface area contributed by atoms with Crippen molar-refractivity contribution < 1.29 is 9.13 Å². The number of benzene rings is 1. The molecule has 0 bridgehead atoms. The summed E-state index contributed by atoms with van der Waals surface area (Å²) in [5, 5.41) is 12.1. The second-order valence-electron chi connectivity index (χ2n) is 3.81. The molecule has 1 aromatic rings. The molecule has 0 atom stereocenters. The van der Waals surface area contributed by atoms with E-state index >= 15 is 0 Å². The van der Waals surface area contributed by atoms with E-state index in [9.17, 15) is 4.39 Å². The molecule has 0 unspecified atom stereocenters. The van der Waals surface area contributed by atoms with Gasteiger partial charge in [-0.1, -0.05) is 6.07 Å². The lowest BCUT2D eigenvalue weighted by atomic mass is 10.1. The molecule has 1 N–H and O–H groups in total. The van der Waals surface area contributed by atoms with E-state index in [0.29, 0.717) is 5.69 Å². The average Bonchev–Trinajstić information content (AvgIpc) is 2.31. The molecule has 3 nitrogen and oxygen atoms in total. The number of anilines is 1. The number of hydrogen-bond acceptors (Lipinski definition) is 3. The highest BCUT2D eigenvalue weighted by Gasteiger charge is 2.16. The molecule has 0 aliphatic carbocycles. The minimum atomic E-state index is -0.473. The lowest BCUT2D eigenvalue weighted by Crippen LogP contribution is -2.28. The molecule has 1 fully saturated rings. The molecule has 1 saturated heterocycles. The molecule has 1 aliphatic heterocycles. The number of hydrogen-bond donors (Lipinski definition) is 1. The Morgan fingerprint density at radius 1 is 1.38 bits per heavy atom. The van der Waals surface area contributed by atoms with Crippen LogP contribution in [0, 0.1) is 17.1 Å². The molecular formula is C12H13FN2O. The van der Waals surface area contributed by atoms with Gasteiger partial charge in [0.1, 0.15) is 17.4 Å². The predicted molar refractivity (Wildman–Crippen MR) is 58.6 cm³/mol. The number of nitrogens with one attached hydrogen (secondary N) is 1. The molecule has 1 aromatic carbocycles. The van der Waals surface area contributed by atoms with Crippen molar-refractivity contribution in [2.75, 3.05) is 18.5 Å². The summed E-state index contributed by atoms with van der Waals surface area (Å²) in [7, 11) is 0. The number of nitriles is 1. The van der Waals surface area contributed by atoms with Crippen LogP contribution in [0.25, 0.3) is 0 Å². The van der Waals surface area contributed by atoms with Crippen molar-refractivity contribution in [2.45, 2.75) is 18.9 Å².